The van der Waals surface area contributed by atoms with Crippen molar-refractivity contribution in [2.24, 2.45) is 0 Å². The Morgan fingerprint density at radius 1 is 0.588 bits per heavy atom. The molecule has 0 fully saturated rings. The molecular formula is C10H23O6P. The average molecular weight is 270 g/mol. The van der Waals surface area contributed by atoms with Gasteiger partial charge in [-0.15, -0.1) is 0 Å². The molecular weight excluding hydrogens is 247 g/mol. The molecule has 0 bridgehead atoms. The molecule has 0 heterocycles. The first kappa shape index (κ1) is 17.2. The van der Waals surface area contributed by atoms with Crippen molar-refractivity contribution < 1.29 is 28.0 Å². The first-order valence-corrected chi connectivity index (χ1v) is 6.35. The van der Waals surface area contributed by atoms with Crippen molar-refractivity contribution >= 4 is 9.03 Å². The van der Waals surface area contributed by atoms with Crippen LogP contribution < -0.4 is 0 Å². The number of ether oxygens (including phenoxy) is 4. The van der Waals surface area contributed by atoms with Crippen LogP contribution in [0.4, 0.5) is 0 Å². The summed E-state index contributed by atoms with van der Waals surface area (Å²) in [6.07, 6.45) is 0. The molecule has 0 unspecified atom stereocenters. The van der Waals surface area contributed by atoms with Crippen molar-refractivity contribution in [3.05, 3.63) is 0 Å². The summed E-state index contributed by atoms with van der Waals surface area (Å²) in [5.41, 5.74) is 0. The van der Waals surface area contributed by atoms with Gasteiger partial charge in [-0.2, -0.15) is 0 Å². The minimum Gasteiger partial charge on any atom is -0.382 e. The molecule has 0 aromatic rings. The molecule has 0 aliphatic carbocycles. The monoisotopic (exact) mass is 270 g/mol. The molecule has 0 rings (SSSR count). The molecule has 0 aliphatic heterocycles. The maximum atomic E-state index is 5.21. The van der Waals surface area contributed by atoms with Crippen LogP contribution in [0, 0.1) is 0 Å². The maximum absolute atomic E-state index is 5.21. The Morgan fingerprint density at radius 3 is 1.41 bits per heavy atom. The van der Waals surface area contributed by atoms with Gasteiger partial charge in [0.2, 0.25) is 0 Å². The average Bonchev–Trinajstić information content (AvgIpc) is 2.35. The van der Waals surface area contributed by atoms with Crippen LogP contribution in [-0.2, 0) is 28.0 Å². The summed E-state index contributed by atoms with van der Waals surface area (Å²) in [4.78, 5) is 0. The number of hydrogen-bond acceptors (Lipinski definition) is 6. The Hall–Kier alpha value is 0.190. The smallest absolute Gasteiger partial charge is 0.155 e. The second-order valence-corrected chi connectivity index (χ2v) is 3.73. The molecule has 6 nitrogen and oxygen atoms in total. The lowest BCUT2D eigenvalue weighted by Crippen LogP contribution is -2.07. The summed E-state index contributed by atoms with van der Waals surface area (Å²) < 4.78 is 30.5. The Kier molecular flexibility index (Phi) is 16.4. The van der Waals surface area contributed by atoms with Crippen molar-refractivity contribution in [3.8, 4) is 0 Å². The van der Waals surface area contributed by atoms with E-state index in [9.17, 15) is 0 Å². The van der Waals surface area contributed by atoms with Gasteiger partial charge < -0.3 is 28.0 Å². The van der Waals surface area contributed by atoms with Crippen molar-refractivity contribution in [2.45, 2.75) is 0 Å². The fourth-order valence-electron chi connectivity index (χ4n) is 0.815. The SMILES string of the molecule is COCCOCCOPOCCOCCOC. The summed E-state index contributed by atoms with van der Waals surface area (Å²) in [5, 5.41) is 0. The summed E-state index contributed by atoms with van der Waals surface area (Å²) >= 11 is 0. The number of hydrogen-bond donors (Lipinski definition) is 0. The lowest BCUT2D eigenvalue weighted by Gasteiger charge is -2.06. The third-order valence-corrected chi connectivity index (χ3v) is 2.28. The van der Waals surface area contributed by atoms with Crippen LogP contribution in [0.1, 0.15) is 0 Å². The summed E-state index contributed by atoms with van der Waals surface area (Å²) in [7, 11) is 3.32. The highest BCUT2D eigenvalue weighted by Crippen LogP contribution is 2.12. The fraction of sp³-hybridized carbons (Fsp3) is 1.00. The van der Waals surface area contributed by atoms with Gasteiger partial charge in [0, 0.05) is 14.2 Å². The van der Waals surface area contributed by atoms with Crippen molar-refractivity contribution in [3.63, 3.8) is 0 Å². The van der Waals surface area contributed by atoms with Gasteiger partial charge in [-0.1, -0.05) is 0 Å². The van der Waals surface area contributed by atoms with Gasteiger partial charge in [0.1, 0.15) is 0 Å². The molecule has 0 saturated carbocycles. The Balaban J connectivity index is 2.85. The summed E-state index contributed by atoms with van der Waals surface area (Å²) in [5.74, 6) is 0. The standard InChI is InChI=1S/C10H23O6P/c1-11-3-5-13-7-9-15-17-16-10-8-14-6-4-12-2/h17H,3-10H2,1-2H3. The van der Waals surface area contributed by atoms with Crippen LogP contribution in [0.3, 0.4) is 0 Å². The van der Waals surface area contributed by atoms with E-state index in [-0.39, 0.29) is 9.03 Å². The van der Waals surface area contributed by atoms with Gasteiger partial charge in [0.15, 0.2) is 9.03 Å². The van der Waals surface area contributed by atoms with E-state index >= 15 is 0 Å². The second-order valence-electron chi connectivity index (χ2n) is 2.99. The zero-order valence-electron chi connectivity index (χ0n) is 10.6. The third kappa shape index (κ3) is 16.2. The van der Waals surface area contributed by atoms with Crippen molar-refractivity contribution in [1.82, 2.24) is 0 Å². The van der Waals surface area contributed by atoms with E-state index in [0.29, 0.717) is 52.9 Å². The minimum atomic E-state index is 0.0341. The molecule has 0 atom stereocenters. The van der Waals surface area contributed by atoms with E-state index in [0.717, 1.165) is 0 Å². The molecule has 0 aromatic carbocycles. The van der Waals surface area contributed by atoms with Crippen LogP contribution in [-0.4, -0.2) is 67.1 Å². The largest absolute Gasteiger partial charge is 0.382 e. The van der Waals surface area contributed by atoms with Crippen LogP contribution in [0.25, 0.3) is 0 Å². The molecule has 0 spiro atoms. The Morgan fingerprint density at radius 2 is 1.00 bits per heavy atom. The highest BCUT2D eigenvalue weighted by molar-refractivity contribution is 7.26. The fourth-order valence-corrected chi connectivity index (χ4v) is 1.23. The normalized spacial score (nSPS) is 10.9. The van der Waals surface area contributed by atoms with E-state index in [2.05, 4.69) is 0 Å². The van der Waals surface area contributed by atoms with E-state index < -0.39 is 0 Å². The van der Waals surface area contributed by atoms with Crippen LogP contribution in [0.15, 0.2) is 0 Å². The van der Waals surface area contributed by atoms with Gasteiger partial charge in [-0.25, -0.2) is 0 Å². The molecule has 0 N–H and O–H groups in total. The first-order valence-electron chi connectivity index (χ1n) is 5.53. The van der Waals surface area contributed by atoms with E-state index in [4.69, 9.17) is 28.0 Å². The van der Waals surface area contributed by atoms with Gasteiger partial charge >= 0.3 is 0 Å². The highest BCUT2D eigenvalue weighted by atomic mass is 31.1. The van der Waals surface area contributed by atoms with Crippen molar-refractivity contribution in [1.29, 1.82) is 0 Å². The summed E-state index contributed by atoms with van der Waals surface area (Å²) in [6.45, 7) is 4.59. The van der Waals surface area contributed by atoms with Gasteiger partial charge in [-0.3, -0.25) is 0 Å². The molecule has 0 radical (unpaired) electrons. The first-order chi connectivity index (χ1) is 8.41. The molecule has 0 aromatic heterocycles. The quantitative estimate of drug-likeness (QED) is 0.344. The second kappa shape index (κ2) is 16.2. The maximum Gasteiger partial charge on any atom is 0.155 e. The van der Waals surface area contributed by atoms with E-state index in [1.807, 2.05) is 0 Å². The predicted octanol–water partition coefficient (Wildman–Crippen LogP) is 0.854. The number of rotatable bonds is 14. The molecule has 17 heavy (non-hydrogen) atoms. The molecule has 7 heteroatoms. The molecule has 0 amide bonds. The van der Waals surface area contributed by atoms with Crippen LogP contribution in [0.2, 0.25) is 0 Å². The number of methoxy groups -OCH3 is 2. The molecule has 104 valence electrons. The molecule has 0 saturated heterocycles. The summed E-state index contributed by atoms with van der Waals surface area (Å²) in [6, 6.07) is 0. The van der Waals surface area contributed by atoms with Gasteiger partial charge in [0.05, 0.1) is 52.9 Å². The lowest BCUT2D eigenvalue weighted by atomic mass is 10.7. The zero-order chi connectivity index (χ0) is 12.6. The van der Waals surface area contributed by atoms with Crippen molar-refractivity contribution in [2.75, 3.05) is 67.1 Å². The van der Waals surface area contributed by atoms with Crippen LogP contribution >= 0.6 is 9.03 Å². The van der Waals surface area contributed by atoms with Crippen LogP contribution in [0.5, 0.6) is 0 Å². The topological polar surface area (TPSA) is 55.4 Å². The van der Waals surface area contributed by atoms with E-state index in [1.54, 1.807) is 14.2 Å². The Bertz CT molecular complexity index is 124. The predicted molar refractivity (Wildman–Crippen MR) is 65.6 cm³/mol. The minimum absolute atomic E-state index is 0.0341. The lowest BCUT2D eigenvalue weighted by molar-refractivity contribution is 0.0475. The van der Waals surface area contributed by atoms with Gasteiger partial charge in [0.25, 0.3) is 0 Å². The highest BCUT2D eigenvalue weighted by Gasteiger charge is 1.92. The zero-order valence-corrected chi connectivity index (χ0v) is 11.6. The van der Waals surface area contributed by atoms with E-state index in [1.165, 1.54) is 0 Å². The Labute approximate surface area is 105 Å². The molecule has 0 aliphatic rings. The third-order valence-electron chi connectivity index (χ3n) is 1.64. The van der Waals surface area contributed by atoms with Gasteiger partial charge in [-0.05, 0) is 0 Å².